The molecule has 1 amide bonds. The normalized spacial score (nSPS) is 10.6. The Balaban J connectivity index is 1.72. The second-order valence-corrected chi connectivity index (χ2v) is 8.05. The highest BCUT2D eigenvalue weighted by Gasteiger charge is 2.20. The number of para-hydroxylation sites is 3. The molecule has 1 heterocycles. The Bertz CT molecular complexity index is 1400. The molecular formula is C27H22ClN3O3. The number of nitrogens with zero attached hydrogens (tertiary/aromatic N) is 3. The molecule has 3 aromatic carbocycles. The van der Waals surface area contributed by atoms with Gasteiger partial charge in [-0.2, -0.15) is 5.26 Å². The van der Waals surface area contributed by atoms with Crippen LogP contribution in [0.3, 0.4) is 0 Å². The first kappa shape index (κ1) is 23.2. The van der Waals surface area contributed by atoms with Crippen molar-refractivity contribution in [1.82, 2.24) is 4.98 Å². The second kappa shape index (κ2) is 10.3. The Labute approximate surface area is 202 Å². The Morgan fingerprint density at radius 1 is 1.12 bits per heavy atom. The Morgan fingerprint density at radius 2 is 1.88 bits per heavy atom. The minimum atomic E-state index is -0.268. The quantitative estimate of drug-likeness (QED) is 0.361. The van der Waals surface area contributed by atoms with E-state index in [2.05, 4.69) is 11.1 Å². The molecule has 0 aliphatic carbocycles. The molecule has 4 rings (SSSR count). The molecular weight excluding hydrogens is 450 g/mol. The van der Waals surface area contributed by atoms with Gasteiger partial charge < -0.3 is 14.7 Å². The van der Waals surface area contributed by atoms with Crippen molar-refractivity contribution in [2.75, 3.05) is 25.2 Å². The summed E-state index contributed by atoms with van der Waals surface area (Å²) in [7, 11) is 1.67. The number of aliphatic hydroxyl groups is 1. The smallest absolute Gasteiger partial charge is 0.258 e. The Hall–Kier alpha value is -3.92. The number of benzene rings is 3. The van der Waals surface area contributed by atoms with E-state index in [0.717, 1.165) is 10.9 Å². The second-order valence-electron chi connectivity index (χ2n) is 7.64. The summed E-state index contributed by atoms with van der Waals surface area (Å²) in [6, 6.07) is 23.7. The topological polar surface area (TPSA) is 86.5 Å². The number of amides is 1. The molecule has 0 aliphatic heterocycles. The first-order valence-corrected chi connectivity index (χ1v) is 11.1. The Morgan fingerprint density at radius 3 is 2.68 bits per heavy atom. The maximum atomic E-state index is 13.4. The summed E-state index contributed by atoms with van der Waals surface area (Å²) in [6.07, 6.45) is 0.493. The van der Waals surface area contributed by atoms with Crippen molar-refractivity contribution >= 4 is 34.1 Å². The monoisotopic (exact) mass is 471 g/mol. The SMILES string of the molecule is CN(C(=O)c1ccc(Cl)c(-c2nc3ccccc3cc2C#N)c1)c1ccccc1OCCCO. The van der Waals surface area contributed by atoms with Gasteiger partial charge in [-0.15, -0.1) is 0 Å². The van der Waals surface area contributed by atoms with Crippen molar-refractivity contribution in [2.45, 2.75) is 6.42 Å². The highest BCUT2D eigenvalue weighted by atomic mass is 35.5. The van der Waals surface area contributed by atoms with E-state index in [1.54, 1.807) is 43.4 Å². The van der Waals surface area contributed by atoms with Crippen LogP contribution >= 0.6 is 11.6 Å². The number of fused-ring (bicyclic) bond motifs is 1. The van der Waals surface area contributed by atoms with E-state index in [1.807, 2.05) is 36.4 Å². The number of halogens is 1. The van der Waals surface area contributed by atoms with Gasteiger partial charge in [0.2, 0.25) is 0 Å². The van der Waals surface area contributed by atoms with E-state index in [9.17, 15) is 10.1 Å². The summed E-state index contributed by atoms with van der Waals surface area (Å²) < 4.78 is 5.75. The summed E-state index contributed by atoms with van der Waals surface area (Å²) in [5.41, 5.74) is 3.04. The lowest BCUT2D eigenvalue weighted by Crippen LogP contribution is -2.26. The number of pyridine rings is 1. The molecule has 0 radical (unpaired) electrons. The first-order chi connectivity index (χ1) is 16.5. The van der Waals surface area contributed by atoms with Gasteiger partial charge in [0.1, 0.15) is 11.8 Å². The number of ether oxygens (including phenoxy) is 1. The lowest BCUT2D eigenvalue weighted by atomic mass is 10.0. The van der Waals surface area contributed by atoms with Crippen LogP contribution in [0.4, 0.5) is 5.69 Å². The predicted octanol–water partition coefficient (Wildman–Crippen LogP) is 5.46. The molecule has 4 aromatic rings. The van der Waals surface area contributed by atoms with Crippen LogP contribution in [0.1, 0.15) is 22.3 Å². The van der Waals surface area contributed by atoms with E-state index < -0.39 is 0 Å². The van der Waals surface area contributed by atoms with Gasteiger partial charge >= 0.3 is 0 Å². The summed E-state index contributed by atoms with van der Waals surface area (Å²) >= 11 is 6.49. The average molecular weight is 472 g/mol. The van der Waals surface area contributed by atoms with Gasteiger partial charge in [-0.25, -0.2) is 4.98 Å². The third kappa shape index (κ3) is 4.72. The molecule has 1 N–H and O–H groups in total. The molecule has 0 atom stereocenters. The minimum Gasteiger partial charge on any atom is -0.491 e. The molecule has 1 aromatic heterocycles. The molecule has 0 saturated carbocycles. The lowest BCUT2D eigenvalue weighted by molar-refractivity contribution is 0.0992. The molecule has 170 valence electrons. The van der Waals surface area contributed by atoms with Gasteiger partial charge in [-0.1, -0.05) is 41.9 Å². The predicted molar refractivity (Wildman–Crippen MR) is 133 cm³/mol. The van der Waals surface area contributed by atoms with E-state index in [4.69, 9.17) is 21.4 Å². The van der Waals surface area contributed by atoms with E-state index in [0.29, 0.717) is 51.9 Å². The number of hydrogen-bond donors (Lipinski definition) is 1. The standard InChI is InChI=1S/C27H22ClN3O3/c1-31(24-9-4-5-10-25(24)34-14-6-13-32)27(33)19-11-12-22(28)21(16-19)26-20(17-29)15-18-7-2-3-8-23(18)30-26/h2-5,7-12,15-16,32H,6,13-14H2,1H3. The fourth-order valence-corrected chi connectivity index (χ4v) is 3.86. The van der Waals surface area contributed by atoms with Gasteiger partial charge in [0, 0.05) is 36.6 Å². The Kier molecular flexibility index (Phi) is 7.07. The van der Waals surface area contributed by atoms with Crippen molar-refractivity contribution in [3.05, 3.63) is 88.9 Å². The maximum absolute atomic E-state index is 13.4. The third-order valence-electron chi connectivity index (χ3n) is 5.40. The average Bonchev–Trinajstić information content (AvgIpc) is 2.88. The number of aliphatic hydroxyl groups excluding tert-OH is 1. The number of carbonyl (C=O) groups excluding carboxylic acids is 1. The summed E-state index contributed by atoms with van der Waals surface area (Å²) in [4.78, 5) is 19.6. The van der Waals surface area contributed by atoms with Crippen LogP contribution in [0.5, 0.6) is 5.75 Å². The fraction of sp³-hybridized carbons (Fsp3) is 0.148. The largest absolute Gasteiger partial charge is 0.491 e. The zero-order chi connectivity index (χ0) is 24.1. The van der Waals surface area contributed by atoms with Crippen LogP contribution in [0.15, 0.2) is 72.8 Å². The zero-order valence-electron chi connectivity index (χ0n) is 18.5. The number of carbonyl (C=O) groups is 1. The molecule has 0 aliphatic rings. The van der Waals surface area contributed by atoms with Gasteiger partial charge in [0.05, 0.1) is 34.1 Å². The molecule has 7 heteroatoms. The van der Waals surface area contributed by atoms with Gasteiger partial charge in [-0.3, -0.25) is 4.79 Å². The van der Waals surface area contributed by atoms with Crippen LogP contribution in [0, 0.1) is 11.3 Å². The molecule has 0 bridgehead atoms. The van der Waals surface area contributed by atoms with Crippen molar-refractivity contribution < 1.29 is 14.6 Å². The first-order valence-electron chi connectivity index (χ1n) is 10.7. The maximum Gasteiger partial charge on any atom is 0.258 e. The highest BCUT2D eigenvalue weighted by Crippen LogP contribution is 2.33. The van der Waals surface area contributed by atoms with Crippen LogP contribution < -0.4 is 9.64 Å². The summed E-state index contributed by atoms with van der Waals surface area (Å²) in [6.45, 7) is 0.364. The highest BCUT2D eigenvalue weighted by molar-refractivity contribution is 6.33. The lowest BCUT2D eigenvalue weighted by Gasteiger charge is -2.21. The van der Waals surface area contributed by atoms with Crippen molar-refractivity contribution in [1.29, 1.82) is 5.26 Å². The molecule has 0 fully saturated rings. The molecule has 6 nitrogen and oxygen atoms in total. The van der Waals surface area contributed by atoms with Crippen molar-refractivity contribution in [3.63, 3.8) is 0 Å². The van der Waals surface area contributed by atoms with E-state index in [-0.39, 0.29) is 12.5 Å². The van der Waals surface area contributed by atoms with E-state index >= 15 is 0 Å². The van der Waals surface area contributed by atoms with Crippen molar-refractivity contribution in [3.8, 4) is 23.1 Å². The number of rotatable bonds is 7. The van der Waals surface area contributed by atoms with Gasteiger partial charge in [-0.05, 0) is 42.5 Å². The van der Waals surface area contributed by atoms with Crippen LogP contribution in [0.25, 0.3) is 22.2 Å². The molecule has 0 spiro atoms. The van der Waals surface area contributed by atoms with Crippen LogP contribution in [-0.4, -0.2) is 36.3 Å². The number of hydrogen-bond acceptors (Lipinski definition) is 5. The molecule has 34 heavy (non-hydrogen) atoms. The van der Waals surface area contributed by atoms with Gasteiger partial charge in [0.25, 0.3) is 5.91 Å². The van der Waals surface area contributed by atoms with Crippen molar-refractivity contribution in [2.24, 2.45) is 0 Å². The number of nitriles is 1. The van der Waals surface area contributed by atoms with E-state index in [1.165, 1.54) is 4.90 Å². The molecule has 0 unspecified atom stereocenters. The zero-order valence-corrected chi connectivity index (χ0v) is 19.3. The summed E-state index contributed by atoms with van der Waals surface area (Å²) in [5, 5.41) is 20.0. The fourth-order valence-electron chi connectivity index (χ4n) is 3.65. The summed E-state index contributed by atoms with van der Waals surface area (Å²) in [5.74, 6) is 0.277. The van der Waals surface area contributed by atoms with Crippen LogP contribution in [0.2, 0.25) is 5.02 Å². The van der Waals surface area contributed by atoms with Gasteiger partial charge in [0.15, 0.2) is 0 Å². The third-order valence-corrected chi connectivity index (χ3v) is 5.73. The number of anilines is 1. The van der Waals surface area contributed by atoms with Crippen LogP contribution in [-0.2, 0) is 0 Å². The molecule has 0 saturated heterocycles. The number of aromatic nitrogens is 1. The minimum absolute atomic E-state index is 0.0258.